The van der Waals surface area contributed by atoms with Crippen molar-refractivity contribution in [3.8, 4) is 0 Å². The number of hydrogen-bond acceptors (Lipinski definition) is 4. The van der Waals surface area contributed by atoms with Crippen LogP contribution in [-0.2, 0) is 21.1 Å². The van der Waals surface area contributed by atoms with E-state index in [-0.39, 0.29) is 35.1 Å². The third-order valence-electron chi connectivity index (χ3n) is 5.42. The SMILES string of the molecule is CC(C)c1ccc(N2C(=NC(=O)Cc3ccccc3Cl)S[C@H]3CS(=O)(=O)C[C@@H]32)cc1. The zero-order valence-corrected chi connectivity index (χ0v) is 19.2. The number of sulfone groups is 1. The van der Waals surface area contributed by atoms with Gasteiger partial charge in [-0.15, -0.1) is 0 Å². The van der Waals surface area contributed by atoms with Crippen molar-refractivity contribution in [3.63, 3.8) is 0 Å². The number of halogens is 1. The summed E-state index contributed by atoms with van der Waals surface area (Å²) in [5, 5.41) is 0.982. The third-order valence-corrected chi connectivity index (χ3v) is 9.00. The molecule has 0 spiro atoms. The first-order valence-corrected chi connectivity index (χ1v) is 12.9. The number of rotatable bonds is 4. The lowest BCUT2D eigenvalue weighted by Gasteiger charge is -2.25. The van der Waals surface area contributed by atoms with Crippen LogP contribution in [0.4, 0.5) is 5.69 Å². The molecule has 8 heteroatoms. The molecule has 2 aromatic carbocycles. The smallest absolute Gasteiger partial charge is 0.252 e. The number of carbonyl (C=O) groups excluding carboxylic acids is 1. The third kappa shape index (κ3) is 4.43. The van der Waals surface area contributed by atoms with Gasteiger partial charge in [0.25, 0.3) is 5.91 Å². The molecule has 158 valence electrons. The Hall–Kier alpha value is -1.83. The molecule has 2 aliphatic heterocycles. The molecule has 5 nitrogen and oxygen atoms in total. The molecule has 2 atom stereocenters. The highest BCUT2D eigenvalue weighted by molar-refractivity contribution is 8.16. The van der Waals surface area contributed by atoms with Gasteiger partial charge in [-0.3, -0.25) is 4.79 Å². The van der Waals surface area contributed by atoms with Crippen LogP contribution >= 0.6 is 23.4 Å². The molecule has 0 bridgehead atoms. The van der Waals surface area contributed by atoms with Crippen molar-refractivity contribution in [3.05, 3.63) is 64.7 Å². The molecule has 0 saturated carbocycles. The van der Waals surface area contributed by atoms with Crippen LogP contribution in [-0.4, -0.2) is 42.3 Å². The summed E-state index contributed by atoms with van der Waals surface area (Å²) in [4.78, 5) is 19.0. The summed E-state index contributed by atoms with van der Waals surface area (Å²) in [6, 6.07) is 15.1. The average Bonchev–Trinajstić information content (AvgIpc) is 3.14. The van der Waals surface area contributed by atoms with Crippen LogP contribution < -0.4 is 4.90 Å². The summed E-state index contributed by atoms with van der Waals surface area (Å²) < 4.78 is 24.4. The highest BCUT2D eigenvalue weighted by Gasteiger charge is 2.49. The molecule has 2 fully saturated rings. The van der Waals surface area contributed by atoms with Crippen LogP contribution in [0.15, 0.2) is 53.5 Å². The Bertz CT molecular complexity index is 1100. The second kappa shape index (κ2) is 8.36. The number of hydrogen-bond donors (Lipinski definition) is 0. The maximum Gasteiger partial charge on any atom is 0.252 e. The minimum Gasteiger partial charge on any atom is -0.316 e. The summed E-state index contributed by atoms with van der Waals surface area (Å²) in [5.74, 6) is 0.295. The average molecular weight is 463 g/mol. The fourth-order valence-corrected chi connectivity index (χ4v) is 7.97. The lowest BCUT2D eigenvalue weighted by atomic mass is 10.0. The molecule has 2 heterocycles. The Labute approximate surface area is 186 Å². The van der Waals surface area contributed by atoms with Crippen molar-refractivity contribution in [1.29, 1.82) is 0 Å². The quantitative estimate of drug-likeness (QED) is 0.677. The van der Waals surface area contributed by atoms with E-state index in [9.17, 15) is 13.2 Å². The summed E-state index contributed by atoms with van der Waals surface area (Å²) in [5.41, 5.74) is 2.79. The van der Waals surface area contributed by atoms with Crippen LogP contribution in [0.25, 0.3) is 0 Å². The van der Waals surface area contributed by atoms with E-state index in [1.807, 2.05) is 47.4 Å². The second-order valence-electron chi connectivity index (χ2n) is 7.97. The molecule has 30 heavy (non-hydrogen) atoms. The van der Waals surface area contributed by atoms with E-state index in [0.717, 1.165) is 11.3 Å². The fraction of sp³-hybridized carbons (Fsp3) is 0.364. The number of aliphatic imine (C=N–C) groups is 1. The first-order chi connectivity index (χ1) is 14.2. The number of amides is 1. The van der Waals surface area contributed by atoms with Gasteiger partial charge in [-0.2, -0.15) is 4.99 Å². The summed E-state index contributed by atoms with van der Waals surface area (Å²) >= 11 is 7.56. The lowest BCUT2D eigenvalue weighted by molar-refractivity contribution is -0.117. The molecular formula is C22H23ClN2O3S2. The van der Waals surface area contributed by atoms with Gasteiger partial charge in [0.1, 0.15) is 0 Å². The normalized spacial score (nSPS) is 23.9. The number of carbonyl (C=O) groups is 1. The van der Waals surface area contributed by atoms with Crippen molar-refractivity contribution in [1.82, 2.24) is 0 Å². The molecule has 2 aromatic rings. The highest BCUT2D eigenvalue weighted by atomic mass is 35.5. The zero-order valence-electron chi connectivity index (χ0n) is 16.8. The largest absolute Gasteiger partial charge is 0.316 e. The molecular weight excluding hydrogens is 440 g/mol. The van der Waals surface area contributed by atoms with Gasteiger partial charge in [0.15, 0.2) is 15.0 Å². The first kappa shape index (κ1) is 21.4. The molecule has 4 rings (SSSR count). The molecule has 2 saturated heterocycles. The van der Waals surface area contributed by atoms with Crippen LogP contribution in [0.2, 0.25) is 5.02 Å². The highest BCUT2D eigenvalue weighted by Crippen LogP contribution is 2.41. The van der Waals surface area contributed by atoms with Gasteiger partial charge in [-0.25, -0.2) is 8.42 Å². The topological polar surface area (TPSA) is 66.8 Å². The van der Waals surface area contributed by atoms with Crippen LogP contribution in [0.5, 0.6) is 0 Å². The standard InChI is InChI=1S/C22H23ClN2O3S2/c1-14(2)15-7-9-17(10-8-15)25-19-12-30(27,28)13-20(19)29-22(25)24-21(26)11-16-5-3-4-6-18(16)23/h3-10,14,19-20H,11-13H2,1-2H3/t19-,20-/m0/s1. The van der Waals surface area contributed by atoms with E-state index in [1.165, 1.54) is 17.3 Å². The first-order valence-electron chi connectivity index (χ1n) is 9.85. The fourth-order valence-electron chi connectivity index (χ4n) is 3.84. The predicted octanol–water partition coefficient (Wildman–Crippen LogP) is 4.31. The Morgan fingerprint density at radius 2 is 1.87 bits per heavy atom. The number of amidine groups is 1. The van der Waals surface area contributed by atoms with Crippen molar-refractivity contribution >= 4 is 50.0 Å². The van der Waals surface area contributed by atoms with E-state index in [4.69, 9.17) is 11.6 Å². The Morgan fingerprint density at radius 3 is 2.53 bits per heavy atom. The molecule has 2 aliphatic rings. The van der Waals surface area contributed by atoms with Crippen molar-refractivity contribution in [2.45, 2.75) is 37.5 Å². The minimum absolute atomic E-state index is 0.0777. The second-order valence-corrected chi connectivity index (χ2v) is 11.7. The molecule has 0 aliphatic carbocycles. The van der Waals surface area contributed by atoms with E-state index >= 15 is 0 Å². The molecule has 0 aromatic heterocycles. The minimum atomic E-state index is -3.09. The van der Waals surface area contributed by atoms with Gasteiger partial charge >= 0.3 is 0 Å². The van der Waals surface area contributed by atoms with Gasteiger partial charge in [0, 0.05) is 16.0 Å². The number of anilines is 1. The monoisotopic (exact) mass is 462 g/mol. The van der Waals surface area contributed by atoms with Gasteiger partial charge in [0.2, 0.25) is 0 Å². The summed E-state index contributed by atoms with van der Waals surface area (Å²) in [6.45, 7) is 4.25. The van der Waals surface area contributed by atoms with Crippen molar-refractivity contribution in [2.24, 2.45) is 4.99 Å². The number of fused-ring (bicyclic) bond motifs is 1. The molecule has 1 amide bonds. The van der Waals surface area contributed by atoms with Crippen molar-refractivity contribution in [2.75, 3.05) is 16.4 Å². The molecule has 0 N–H and O–H groups in total. The van der Waals surface area contributed by atoms with Crippen LogP contribution in [0, 0.1) is 0 Å². The van der Waals surface area contributed by atoms with Crippen molar-refractivity contribution < 1.29 is 13.2 Å². The van der Waals surface area contributed by atoms with E-state index < -0.39 is 9.84 Å². The van der Waals surface area contributed by atoms with E-state index in [1.54, 1.807) is 6.07 Å². The van der Waals surface area contributed by atoms with Crippen LogP contribution in [0.1, 0.15) is 30.9 Å². The Balaban J connectivity index is 1.64. The van der Waals surface area contributed by atoms with Gasteiger partial charge in [-0.05, 0) is 35.2 Å². The molecule has 0 radical (unpaired) electrons. The Morgan fingerprint density at radius 1 is 1.17 bits per heavy atom. The van der Waals surface area contributed by atoms with Gasteiger partial charge in [-0.1, -0.05) is 67.5 Å². The molecule has 0 unspecified atom stereocenters. The van der Waals surface area contributed by atoms with Gasteiger partial charge < -0.3 is 4.90 Å². The predicted molar refractivity (Wildman–Crippen MR) is 124 cm³/mol. The lowest BCUT2D eigenvalue weighted by Crippen LogP contribution is -2.37. The zero-order chi connectivity index (χ0) is 21.5. The number of thioether (sulfide) groups is 1. The number of nitrogens with zero attached hydrogens (tertiary/aromatic N) is 2. The summed E-state index contributed by atoms with van der Waals surface area (Å²) in [6.07, 6.45) is 0.109. The van der Waals surface area contributed by atoms with E-state index in [0.29, 0.717) is 16.1 Å². The Kier molecular flexibility index (Phi) is 5.97. The van der Waals surface area contributed by atoms with Gasteiger partial charge in [0.05, 0.1) is 24.0 Å². The number of benzene rings is 2. The maximum absolute atomic E-state index is 12.7. The van der Waals surface area contributed by atoms with E-state index in [2.05, 4.69) is 18.8 Å². The summed E-state index contributed by atoms with van der Waals surface area (Å²) in [7, 11) is -3.09. The van der Waals surface area contributed by atoms with Crippen LogP contribution in [0.3, 0.4) is 0 Å². The maximum atomic E-state index is 12.7.